The van der Waals surface area contributed by atoms with Gasteiger partial charge in [0.25, 0.3) is 0 Å². The van der Waals surface area contributed by atoms with Gasteiger partial charge in [-0.25, -0.2) is 13.8 Å². The van der Waals surface area contributed by atoms with E-state index in [2.05, 4.69) is 33.2 Å². The van der Waals surface area contributed by atoms with Gasteiger partial charge in [0.05, 0.1) is 16.7 Å². The number of likely N-dealkylation sites (N-methyl/N-ethyl adjacent to an activating group) is 1. The van der Waals surface area contributed by atoms with Crippen LogP contribution in [0.15, 0.2) is 54.9 Å². The maximum absolute atomic E-state index is 13.7. The number of fused-ring (bicyclic) bond motifs is 1. The molecule has 0 aliphatic carbocycles. The van der Waals surface area contributed by atoms with Gasteiger partial charge < -0.3 is 0 Å². The van der Waals surface area contributed by atoms with Crippen molar-refractivity contribution in [2.45, 2.75) is 0 Å². The van der Waals surface area contributed by atoms with Crippen molar-refractivity contribution < 1.29 is 8.78 Å². The van der Waals surface area contributed by atoms with Crippen molar-refractivity contribution >= 4 is 16.6 Å². The summed E-state index contributed by atoms with van der Waals surface area (Å²) >= 11 is 0. The fraction of sp³-hybridized carbons (Fsp3) is 0.136. The molecule has 5 nitrogen and oxygen atoms in total. The summed E-state index contributed by atoms with van der Waals surface area (Å²) in [4.78, 5) is 11.5. The second-order valence-corrected chi connectivity index (χ2v) is 7.16. The minimum absolute atomic E-state index is 0.480. The van der Waals surface area contributed by atoms with Crippen LogP contribution in [0.3, 0.4) is 0 Å². The third-order valence-electron chi connectivity index (χ3n) is 5.11. The van der Waals surface area contributed by atoms with Gasteiger partial charge in [-0.1, -0.05) is 6.08 Å². The molecule has 0 saturated heterocycles. The van der Waals surface area contributed by atoms with Crippen LogP contribution in [0.4, 0.5) is 8.78 Å². The van der Waals surface area contributed by atoms with Gasteiger partial charge in [-0.15, -0.1) is 0 Å². The summed E-state index contributed by atoms with van der Waals surface area (Å²) < 4.78 is 27.0. The Labute approximate surface area is 165 Å². The van der Waals surface area contributed by atoms with Crippen LogP contribution in [0, 0.1) is 11.6 Å². The third-order valence-corrected chi connectivity index (χ3v) is 5.11. The van der Waals surface area contributed by atoms with Gasteiger partial charge in [0.1, 0.15) is 5.69 Å². The van der Waals surface area contributed by atoms with E-state index < -0.39 is 11.6 Å². The van der Waals surface area contributed by atoms with E-state index in [1.165, 1.54) is 11.6 Å². The van der Waals surface area contributed by atoms with E-state index in [4.69, 9.17) is 4.98 Å². The van der Waals surface area contributed by atoms with Crippen LogP contribution >= 0.6 is 0 Å². The van der Waals surface area contributed by atoms with Crippen molar-refractivity contribution in [1.82, 2.24) is 25.1 Å². The first-order valence-corrected chi connectivity index (χ1v) is 9.23. The molecule has 3 aromatic heterocycles. The first-order valence-electron chi connectivity index (χ1n) is 9.23. The molecule has 29 heavy (non-hydrogen) atoms. The first-order chi connectivity index (χ1) is 14.1. The molecule has 1 N–H and O–H groups in total. The predicted molar refractivity (Wildman–Crippen MR) is 108 cm³/mol. The average molecular weight is 389 g/mol. The van der Waals surface area contributed by atoms with Crippen molar-refractivity contribution in [3.8, 4) is 22.5 Å². The Balaban J connectivity index is 1.57. The van der Waals surface area contributed by atoms with Crippen molar-refractivity contribution in [2.75, 3.05) is 20.1 Å². The second kappa shape index (κ2) is 6.86. The fourth-order valence-electron chi connectivity index (χ4n) is 3.58. The zero-order valence-corrected chi connectivity index (χ0v) is 15.7. The van der Waals surface area contributed by atoms with E-state index in [1.54, 1.807) is 6.20 Å². The van der Waals surface area contributed by atoms with Gasteiger partial charge in [-0.2, -0.15) is 5.10 Å². The van der Waals surface area contributed by atoms with E-state index in [0.717, 1.165) is 41.8 Å². The molecule has 1 aliphatic rings. The highest BCUT2D eigenvalue weighted by atomic mass is 19.2. The Hall–Kier alpha value is -3.45. The lowest BCUT2D eigenvalue weighted by Crippen LogP contribution is -2.13. The lowest BCUT2D eigenvalue weighted by molar-refractivity contribution is 0.438. The highest BCUT2D eigenvalue weighted by Gasteiger charge is 2.16. The maximum atomic E-state index is 13.7. The number of rotatable bonds is 3. The second-order valence-electron chi connectivity index (χ2n) is 7.16. The molecule has 0 radical (unpaired) electrons. The maximum Gasteiger partial charge on any atom is 0.159 e. The summed E-state index contributed by atoms with van der Waals surface area (Å²) in [6.45, 7) is 1.81. The van der Waals surface area contributed by atoms with E-state index in [1.807, 2.05) is 24.4 Å². The predicted octanol–water partition coefficient (Wildman–Crippen LogP) is 4.29. The number of aromatic amines is 1. The third kappa shape index (κ3) is 3.19. The zero-order chi connectivity index (χ0) is 20.0. The number of nitrogens with zero attached hydrogens (tertiary/aromatic N) is 4. The number of pyridine rings is 2. The minimum atomic E-state index is -0.911. The molecule has 0 bridgehead atoms. The molecule has 0 unspecified atom stereocenters. The van der Waals surface area contributed by atoms with Crippen molar-refractivity contribution in [2.24, 2.45) is 0 Å². The zero-order valence-electron chi connectivity index (χ0n) is 15.7. The molecule has 1 aromatic carbocycles. The molecule has 0 fully saturated rings. The molecule has 5 rings (SSSR count). The quantitative estimate of drug-likeness (QED) is 0.568. The molecule has 1 aliphatic heterocycles. The molecule has 4 aromatic rings. The Morgan fingerprint density at radius 2 is 1.90 bits per heavy atom. The van der Waals surface area contributed by atoms with Crippen LogP contribution in [0.5, 0.6) is 0 Å². The molecule has 7 heteroatoms. The van der Waals surface area contributed by atoms with E-state index in [0.29, 0.717) is 22.5 Å². The minimum Gasteiger partial charge on any atom is -0.298 e. The van der Waals surface area contributed by atoms with Gasteiger partial charge in [0, 0.05) is 36.6 Å². The normalized spacial score (nSPS) is 14.5. The number of nitrogens with one attached hydrogen (secondary N) is 1. The number of hydrogen-bond acceptors (Lipinski definition) is 4. The van der Waals surface area contributed by atoms with Gasteiger partial charge in [-0.3, -0.25) is 15.0 Å². The smallest absolute Gasteiger partial charge is 0.159 e. The highest BCUT2D eigenvalue weighted by Crippen LogP contribution is 2.31. The summed E-state index contributed by atoms with van der Waals surface area (Å²) in [6.07, 6.45) is 5.78. The monoisotopic (exact) mass is 389 g/mol. The molecule has 0 atom stereocenters. The van der Waals surface area contributed by atoms with Crippen molar-refractivity contribution in [1.29, 1.82) is 0 Å². The van der Waals surface area contributed by atoms with Gasteiger partial charge >= 0.3 is 0 Å². The Morgan fingerprint density at radius 3 is 2.69 bits per heavy atom. The fourth-order valence-corrected chi connectivity index (χ4v) is 3.58. The molecular formula is C22H17F2N5. The summed E-state index contributed by atoms with van der Waals surface area (Å²) in [5.74, 6) is -1.80. The van der Waals surface area contributed by atoms with Crippen LogP contribution in [0.1, 0.15) is 5.56 Å². The first kappa shape index (κ1) is 17.6. The summed E-state index contributed by atoms with van der Waals surface area (Å²) in [7, 11) is 2.08. The van der Waals surface area contributed by atoms with Crippen LogP contribution in [0.2, 0.25) is 0 Å². The number of H-pyrrole nitrogens is 1. The van der Waals surface area contributed by atoms with Crippen molar-refractivity contribution in [3.05, 3.63) is 72.1 Å². The van der Waals surface area contributed by atoms with Crippen LogP contribution in [-0.4, -0.2) is 45.2 Å². The Kier molecular flexibility index (Phi) is 4.17. The topological polar surface area (TPSA) is 57.7 Å². The molecule has 4 heterocycles. The molecular weight excluding hydrogens is 372 g/mol. The van der Waals surface area contributed by atoms with Crippen LogP contribution in [-0.2, 0) is 0 Å². The van der Waals surface area contributed by atoms with E-state index in [9.17, 15) is 8.78 Å². The van der Waals surface area contributed by atoms with E-state index in [-0.39, 0.29) is 0 Å². The lowest BCUT2D eigenvalue weighted by Gasteiger charge is -2.09. The molecule has 0 amide bonds. The number of hydrogen-bond donors (Lipinski definition) is 1. The average Bonchev–Trinajstić information content (AvgIpc) is 3.38. The highest BCUT2D eigenvalue weighted by molar-refractivity contribution is 5.85. The molecule has 144 valence electrons. The van der Waals surface area contributed by atoms with Gasteiger partial charge in [-0.05, 0) is 54.6 Å². The summed E-state index contributed by atoms with van der Waals surface area (Å²) in [5, 5.41) is 7.02. The standard InChI is InChI=1S/C22H17F2N5/c1-29-7-6-14(12-29)15-9-21-20(25-10-15)5-4-19(27-21)16-11-26-28-22(16)13-2-3-17(23)18(24)8-13/h2-6,8-11H,7,12H2,1H3,(H,26,28). The Bertz CT molecular complexity index is 1260. The summed E-state index contributed by atoms with van der Waals surface area (Å²) in [5.41, 5.74) is 6.24. The molecule has 0 spiro atoms. The Morgan fingerprint density at radius 1 is 1.00 bits per heavy atom. The summed E-state index contributed by atoms with van der Waals surface area (Å²) in [6, 6.07) is 9.53. The largest absolute Gasteiger partial charge is 0.298 e. The number of aromatic nitrogens is 4. The van der Waals surface area contributed by atoms with Crippen molar-refractivity contribution in [3.63, 3.8) is 0 Å². The lowest BCUT2D eigenvalue weighted by atomic mass is 10.0. The number of halogens is 2. The van der Waals surface area contributed by atoms with Gasteiger partial charge in [0.2, 0.25) is 0 Å². The van der Waals surface area contributed by atoms with E-state index >= 15 is 0 Å². The van der Waals surface area contributed by atoms with Crippen LogP contribution in [0.25, 0.3) is 39.1 Å². The SMILES string of the molecule is CN1CC=C(c2cnc3ccc(-c4c[nH]nc4-c4ccc(F)c(F)c4)nc3c2)C1. The number of benzene rings is 1. The van der Waals surface area contributed by atoms with Crippen LogP contribution < -0.4 is 0 Å². The van der Waals surface area contributed by atoms with Gasteiger partial charge in [0.15, 0.2) is 11.6 Å². The molecule has 0 saturated carbocycles.